The molecule has 3 aliphatic rings. The molecule has 0 bridgehead atoms. The Morgan fingerprint density at radius 3 is 2.33 bits per heavy atom. The number of hydrogen-bond acceptors (Lipinski definition) is 12. The first kappa shape index (κ1) is 32.1. The zero-order valence-corrected chi connectivity index (χ0v) is 25.9. The molecule has 3 aliphatic carbocycles. The molecular formula is C33H34N6O7. The molecule has 0 saturated heterocycles. The smallest absolute Gasteiger partial charge is 0.255 e. The fraction of sp³-hybridized carbons (Fsp3) is 0.333. The van der Waals surface area contributed by atoms with E-state index in [0.29, 0.717) is 22.6 Å². The summed E-state index contributed by atoms with van der Waals surface area (Å²) < 4.78 is 5.25. The number of aromatic hydroxyl groups is 1. The Kier molecular flexibility index (Phi) is 7.41. The number of ketones is 2. The highest BCUT2D eigenvalue weighted by molar-refractivity contribution is 6.25. The molecular weight excluding hydrogens is 592 g/mol. The number of amides is 1. The van der Waals surface area contributed by atoms with E-state index in [1.54, 1.807) is 55.4 Å². The number of Topliss-reactive ketones (excluding diaryl/α,β-unsaturated/α-hetero) is 2. The Hall–Kier alpha value is -5.34. The molecule has 4 atom stereocenters. The number of likely N-dealkylation sites (N-methyl/N-ethyl adjacent to an activating group) is 1. The number of aliphatic hydroxyl groups is 2. The van der Waals surface area contributed by atoms with Crippen molar-refractivity contribution in [3.63, 3.8) is 0 Å². The van der Waals surface area contributed by atoms with Gasteiger partial charge in [-0.25, -0.2) is 0 Å². The molecule has 1 amide bonds. The Bertz CT molecular complexity index is 1910. The molecule has 2 aromatic carbocycles. The van der Waals surface area contributed by atoms with Crippen LogP contribution < -0.4 is 26.8 Å². The van der Waals surface area contributed by atoms with Gasteiger partial charge in [-0.3, -0.25) is 19.3 Å². The average molecular weight is 627 g/mol. The van der Waals surface area contributed by atoms with E-state index in [1.165, 1.54) is 26.1 Å². The number of hydrogen-bond donors (Lipinski definition) is 6. The normalized spacial score (nSPS) is 26.8. The number of nitriles is 1. The molecule has 1 saturated carbocycles. The third kappa shape index (κ3) is 4.17. The summed E-state index contributed by atoms with van der Waals surface area (Å²) in [6.07, 6.45) is -0.631. The molecule has 2 aromatic rings. The van der Waals surface area contributed by atoms with Gasteiger partial charge in [-0.05, 0) is 56.8 Å². The van der Waals surface area contributed by atoms with E-state index in [1.807, 2.05) is 0 Å². The van der Waals surface area contributed by atoms with Gasteiger partial charge in [0.1, 0.15) is 28.6 Å². The first-order chi connectivity index (χ1) is 21.5. The number of fused-ring (bicyclic) bond motifs is 3. The number of phenolic OH excluding ortho intramolecular Hbond substituents is 1. The topological polar surface area (TPSA) is 229 Å². The van der Waals surface area contributed by atoms with E-state index in [9.17, 15) is 35.0 Å². The molecule has 0 aliphatic heterocycles. The summed E-state index contributed by atoms with van der Waals surface area (Å²) in [6, 6.07) is 8.86. The maximum Gasteiger partial charge on any atom is 0.255 e. The van der Waals surface area contributed by atoms with Crippen molar-refractivity contribution >= 4 is 28.9 Å². The number of benzene rings is 2. The fourth-order valence-corrected chi connectivity index (χ4v) is 7.21. The molecule has 1 fully saturated rings. The number of aliphatic hydroxyl groups excluding tert-OH is 2. The monoisotopic (exact) mass is 626 g/mol. The van der Waals surface area contributed by atoms with Gasteiger partial charge in [0, 0.05) is 25.3 Å². The largest absolute Gasteiger partial charge is 0.509 e. The van der Waals surface area contributed by atoms with Gasteiger partial charge in [0.15, 0.2) is 17.0 Å². The summed E-state index contributed by atoms with van der Waals surface area (Å²) in [5.41, 5.74) is 12.6. The average Bonchev–Trinajstić information content (AvgIpc) is 2.95. The van der Waals surface area contributed by atoms with Gasteiger partial charge in [-0.2, -0.15) is 5.26 Å². The van der Waals surface area contributed by atoms with Crippen molar-refractivity contribution in [3.05, 3.63) is 69.5 Å². The third-order valence-electron chi connectivity index (χ3n) is 9.12. The van der Waals surface area contributed by atoms with Crippen LogP contribution in [0, 0.1) is 28.6 Å². The van der Waals surface area contributed by atoms with Crippen LogP contribution in [0.2, 0.25) is 0 Å². The van der Waals surface area contributed by atoms with Crippen LogP contribution in [0.1, 0.15) is 28.7 Å². The van der Waals surface area contributed by atoms with E-state index >= 15 is 0 Å². The maximum absolute atomic E-state index is 14.6. The predicted octanol–water partition coefficient (Wildman–Crippen LogP) is 0.380. The molecule has 0 spiro atoms. The van der Waals surface area contributed by atoms with Crippen molar-refractivity contribution < 1.29 is 34.4 Å². The van der Waals surface area contributed by atoms with E-state index < -0.39 is 74.8 Å². The molecule has 13 heteroatoms. The zero-order chi connectivity index (χ0) is 34.1. The first-order valence-electron chi connectivity index (χ1n) is 14.1. The van der Waals surface area contributed by atoms with E-state index in [2.05, 4.69) is 11.8 Å². The molecule has 9 N–H and O–H groups in total. The van der Waals surface area contributed by atoms with Crippen molar-refractivity contribution in [1.29, 1.82) is 5.26 Å². The van der Waals surface area contributed by atoms with Crippen LogP contribution in [-0.2, 0) is 20.8 Å². The van der Waals surface area contributed by atoms with Gasteiger partial charge >= 0.3 is 0 Å². The number of ether oxygens (including phenoxy) is 1. The second-order valence-electron chi connectivity index (χ2n) is 12.3. The molecule has 5 rings (SSSR count). The fourth-order valence-electron chi connectivity index (χ4n) is 7.21. The lowest BCUT2D eigenvalue weighted by atomic mass is 9.47. The second-order valence-corrected chi connectivity index (χ2v) is 12.3. The molecule has 0 unspecified atom stereocenters. The Morgan fingerprint density at radius 1 is 1.09 bits per heavy atom. The third-order valence-corrected chi connectivity index (χ3v) is 9.12. The summed E-state index contributed by atoms with van der Waals surface area (Å²) in [4.78, 5) is 43.6. The van der Waals surface area contributed by atoms with Gasteiger partial charge in [-0.15, -0.1) is 0 Å². The van der Waals surface area contributed by atoms with Crippen molar-refractivity contribution in [3.8, 4) is 29.4 Å². The van der Waals surface area contributed by atoms with Gasteiger partial charge in [-0.1, -0.05) is 17.9 Å². The molecule has 46 heavy (non-hydrogen) atoms. The summed E-state index contributed by atoms with van der Waals surface area (Å²) in [5.74, 6) is 0.492. The number of nitrogens with zero attached hydrogens (tertiary/aromatic N) is 3. The number of carbonyl (C=O) groups is 3. The lowest BCUT2D eigenvalue weighted by Gasteiger charge is -2.58. The summed E-state index contributed by atoms with van der Waals surface area (Å²) in [7, 11) is 7.91. The zero-order valence-electron chi connectivity index (χ0n) is 25.9. The highest BCUT2D eigenvalue weighted by atomic mass is 16.5. The van der Waals surface area contributed by atoms with Crippen LogP contribution in [0.3, 0.4) is 0 Å². The van der Waals surface area contributed by atoms with Crippen LogP contribution in [0.15, 0.2) is 47.2 Å². The van der Waals surface area contributed by atoms with Gasteiger partial charge in [0.05, 0.1) is 47.0 Å². The minimum atomic E-state index is -2.74. The summed E-state index contributed by atoms with van der Waals surface area (Å²) >= 11 is 0. The minimum absolute atomic E-state index is 0.114. The molecule has 13 nitrogen and oxygen atoms in total. The van der Waals surface area contributed by atoms with E-state index in [0.717, 1.165) is 0 Å². The molecule has 238 valence electrons. The summed E-state index contributed by atoms with van der Waals surface area (Å²) in [6.45, 7) is 0. The van der Waals surface area contributed by atoms with Crippen LogP contribution in [0.25, 0.3) is 5.76 Å². The molecule has 0 heterocycles. The Balaban J connectivity index is 1.82. The quantitative estimate of drug-likeness (QED) is 0.200. The van der Waals surface area contributed by atoms with Crippen LogP contribution in [0.5, 0.6) is 11.5 Å². The standard InChI is InChI=1S/C33H34N6O7/c1-38(2)20-12-17(10-9-16-7-6-8-18(11-16)46-5)24(40)21-19(20)13-31(36)14-33(37)27(39(3)4)26(42)22(30(35)45)28(43)32(33,15-34)29(44)23(31)25(21)41/h6-8,11-12,27,40-41,43H,13-14,36-37H2,1-5H3,(H2,35,45)/t27-,31-,32+,33-/m1/s1. The number of nitrogens with two attached hydrogens (primary N) is 3. The van der Waals surface area contributed by atoms with Gasteiger partial charge in [0.25, 0.3) is 5.91 Å². The van der Waals surface area contributed by atoms with Crippen molar-refractivity contribution in [2.45, 2.75) is 30.0 Å². The predicted molar refractivity (Wildman–Crippen MR) is 167 cm³/mol. The summed E-state index contributed by atoms with van der Waals surface area (Å²) in [5, 5.41) is 45.3. The van der Waals surface area contributed by atoms with Crippen LogP contribution >= 0.6 is 0 Å². The minimum Gasteiger partial charge on any atom is -0.509 e. The van der Waals surface area contributed by atoms with Crippen molar-refractivity contribution in [1.82, 2.24) is 4.90 Å². The SMILES string of the molecule is COc1cccc(C#Cc2cc(N(C)C)c3c(c2O)C(O)=C2C(=O)[C@]4(C#N)C(O)=C(C(N)=O)C(=O)[C@@H](N(C)C)[C@]4(N)C[C@]2(N)C3)c1. The van der Waals surface area contributed by atoms with Crippen molar-refractivity contribution in [2.75, 3.05) is 40.2 Å². The number of anilines is 1. The van der Waals surface area contributed by atoms with Crippen LogP contribution in [0.4, 0.5) is 5.69 Å². The highest BCUT2D eigenvalue weighted by Gasteiger charge is 2.74. The lowest BCUT2D eigenvalue weighted by Crippen LogP contribution is -2.80. The van der Waals surface area contributed by atoms with Gasteiger partial charge in [0.2, 0.25) is 0 Å². The maximum atomic E-state index is 14.6. The number of methoxy groups -OCH3 is 1. The molecule has 0 radical (unpaired) electrons. The number of rotatable bonds is 4. The Labute approximate surface area is 265 Å². The van der Waals surface area contributed by atoms with E-state index in [4.69, 9.17) is 21.9 Å². The number of phenols is 1. The number of primary amides is 1. The first-order valence-corrected chi connectivity index (χ1v) is 14.1. The van der Waals surface area contributed by atoms with Crippen LogP contribution in [-0.4, -0.2) is 90.1 Å². The Morgan fingerprint density at radius 2 is 1.76 bits per heavy atom. The lowest BCUT2D eigenvalue weighted by molar-refractivity contribution is -0.139. The molecule has 0 aromatic heterocycles. The van der Waals surface area contributed by atoms with E-state index in [-0.39, 0.29) is 17.5 Å². The second kappa shape index (κ2) is 10.6. The van der Waals surface area contributed by atoms with Crippen molar-refractivity contribution in [2.24, 2.45) is 22.6 Å². The number of carbonyl (C=O) groups excluding carboxylic acids is 3. The highest BCUT2D eigenvalue weighted by Crippen LogP contribution is 2.59. The van der Waals surface area contributed by atoms with Gasteiger partial charge < -0.3 is 42.2 Å².